The van der Waals surface area contributed by atoms with E-state index in [1.165, 1.54) is 11.1 Å². The van der Waals surface area contributed by atoms with E-state index in [-0.39, 0.29) is 0 Å². The first-order chi connectivity index (χ1) is 9.86. The number of aryl methyl sites for hydroxylation is 1. The van der Waals surface area contributed by atoms with E-state index >= 15 is 0 Å². The number of benzene rings is 1. The van der Waals surface area contributed by atoms with Crippen LogP contribution in [0.5, 0.6) is 0 Å². The highest BCUT2D eigenvalue weighted by molar-refractivity contribution is 5.35. The predicted molar refractivity (Wildman–Crippen MR) is 82.0 cm³/mol. The van der Waals surface area contributed by atoms with Gasteiger partial charge in [0, 0.05) is 18.7 Å². The summed E-state index contributed by atoms with van der Waals surface area (Å²) < 4.78 is 0. The second kappa shape index (κ2) is 6.04. The highest BCUT2D eigenvalue weighted by Crippen LogP contribution is 2.31. The van der Waals surface area contributed by atoms with E-state index in [0.29, 0.717) is 5.92 Å². The Bertz CT molecular complexity index is 580. The Morgan fingerprint density at radius 1 is 1.20 bits per heavy atom. The molecule has 0 fully saturated rings. The third-order valence-corrected chi connectivity index (χ3v) is 3.94. The molecule has 3 nitrogen and oxygen atoms in total. The third kappa shape index (κ3) is 2.82. The first-order valence-corrected chi connectivity index (χ1v) is 7.50. The largest absolute Gasteiger partial charge is 0.370 e. The van der Waals surface area contributed by atoms with E-state index in [4.69, 9.17) is 0 Å². The van der Waals surface area contributed by atoms with Gasteiger partial charge in [0.1, 0.15) is 11.6 Å². The number of fused-ring (bicyclic) bond motifs is 1. The van der Waals surface area contributed by atoms with Crippen molar-refractivity contribution in [1.29, 1.82) is 0 Å². The molecule has 20 heavy (non-hydrogen) atoms. The molecule has 3 rings (SSSR count). The standard InChI is InChI=1S/C17H21N3/c1-2-10-18-16-9-11-19-17(20-16)15-8-7-13-5-3-4-6-14(13)12-15/h3-6,9,11,15H,2,7-8,10,12H2,1H3,(H,18,19,20). The van der Waals surface area contributed by atoms with Gasteiger partial charge in [-0.25, -0.2) is 9.97 Å². The molecule has 1 aliphatic carbocycles. The highest BCUT2D eigenvalue weighted by atomic mass is 15.0. The fourth-order valence-corrected chi connectivity index (χ4v) is 2.84. The van der Waals surface area contributed by atoms with Crippen molar-refractivity contribution < 1.29 is 0 Å². The molecule has 2 aromatic rings. The average molecular weight is 267 g/mol. The lowest BCUT2D eigenvalue weighted by Crippen LogP contribution is -2.16. The Kier molecular flexibility index (Phi) is 3.95. The minimum atomic E-state index is 0.452. The van der Waals surface area contributed by atoms with Crippen molar-refractivity contribution in [3.05, 3.63) is 53.5 Å². The van der Waals surface area contributed by atoms with Crippen molar-refractivity contribution >= 4 is 5.82 Å². The SMILES string of the molecule is CCCNc1ccnc(C2CCc3ccccc3C2)n1. The molecule has 1 aliphatic rings. The molecule has 0 aliphatic heterocycles. The van der Waals surface area contributed by atoms with E-state index in [2.05, 4.69) is 46.5 Å². The fraction of sp³-hybridized carbons (Fsp3) is 0.412. The van der Waals surface area contributed by atoms with Gasteiger partial charge in [-0.05, 0) is 42.9 Å². The lowest BCUT2D eigenvalue weighted by atomic mass is 9.83. The summed E-state index contributed by atoms with van der Waals surface area (Å²) in [6.45, 7) is 3.12. The normalized spacial score (nSPS) is 17.6. The van der Waals surface area contributed by atoms with Crippen LogP contribution in [-0.4, -0.2) is 16.5 Å². The van der Waals surface area contributed by atoms with Gasteiger partial charge in [-0.1, -0.05) is 31.2 Å². The van der Waals surface area contributed by atoms with E-state index in [1.807, 2.05) is 12.3 Å². The molecule has 0 radical (unpaired) electrons. The van der Waals surface area contributed by atoms with E-state index in [9.17, 15) is 0 Å². The van der Waals surface area contributed by atoms with Crippen LogP contribution in [0.2, 0.25) is 0 Å². The zero-order valence-electron chi connectivity index (χ0n) is 12.0. The van der Waals surface area contributed by atoms with Gasteiger partial charge in [0.25, 0.3) is 0 Å². The van der Waals surface area contributed by atoms with Crippen molar-refractivity contribution in [2.75, 3.05) is 11.9 Å². The van der Waals surface area contributed by atoms with Crippen molar-refractivity contribution in [1.82, 2.24) is 9.97 Å². The third-order valence-electron chi connectivity index (χ3n) is 3.94. The van der Waals surface area contributed by atoms with Crippen LogP contribution in [0, 0.1) is 0 Å². The maximum atomic E-state index is 4.68. The first-order valence-electron chi connectivity index (χ1n) is 7.50. The quantitative estimate of drug-likeness (QED) is 0.920. The summed E-state index contributed by atoms with van der Waals surface area (Å²) in [5, 5.41) is 3.34. The summed E-state index contributed by atoms with van der Waals surface area (Å²) in [6, 6.07) is 10.7. The number of nitrogens with one attached hydrogen (secondary N) is 1. The van der Waals surface area contributed by atoms with Crippen molar-refractivity contribution in [2.45, 2.75) is 38.5 Å². The minimum absolute atomic E-state index is 0.452. The summed E-state index contributed by atoms with van der Waals surface area (Å²) >= 11 is 0. The number of hydrogen-bond acceptors (Lipinski definition) is 3. The topological polar surface area (TPSA) is 37.8 Å². The summed E-state index contributed by atoms with van der Waals surface area (Å²) in [7, 11) is 0. The van der Waals surface area contributed by atoms with Crippen LogP contribution in [0.15, 0.2) is 36.5 Å². The molecule has 0 amide bonds. The van der Waals surface area contributed by atoms with Gasteiger partial charge in [0.15, 0.2) is 0 Å². The lowest BCUT2D eigenvalue weighted by Gasteiger charge is -2.23. The summed E-state index contributed by atoms with van der Waals surface area (Å²) in [5.41, 5.74) is 2.95. The molecule has 0 saturated heterocycles. The molecule has 3 heteroatoms. The highest BCUT2D eigenvalue weighted by Gasteiger charge is 2.21. The van der Waals surface area contributed by atoms with Crippen LogP contribution >= 0.6 is 0 Å². The van der Waals surface area contributed by atoms with Gasteiger partial charge in [-0.2, -0.15) is 0 Å². The maximum Gasteiger partial charge on any atom is 0.134 e. The summed E-state index contributed by atoms with van der Waals surface area (Å²) in [6.07, 6.45) is 6.33. The summed E-state index contributed by atoms with van der Waals surface area (Å²) in [5.74, 6) is 2.39. The number of hydrogen-bond donors (Lipinski definition) is 1. The molecule has 1 aromatic carbocycles. The molecule has 0 spiro atoms. The zero-order valence-corrected chi connectivity index (χ0v) is 12.0. The molecule has 0 bridgehead atoms. The monoisotopic (exact) mass is 267 g/mol. The molecule has 1 heterocycles. The van der Waals surface area contributed by atoms with Gasteiger partial charge in [0.05, 0.1) is 0 Å². The molecule has 0 saturated carbocycles. The molecule has 1 unspecified atom stereocenters. The van der Waals surface area contributed by atoms with E-state index in [1.54, 1.807) is 0 Å². The number of anilines is 1. The van der Waals surface area contributed by atoms with Crippen LogP contribution < -0.4 is 5.32 Å². The smallest absolute Gasteiger partial charge is 0.134 e. The van der Waals surface area contributed by atoms with Gasteiger partial charge < -0.3 is 5.32 Å². The van der Waals surface area contributed by atoms with Crippen LogP contribution in [0.4, 0.5) is 5.82 Å². The molecule has 1 aromatic heterocycles. The number of nitrogens with zero attached hydrogens (tertiary/aromatic N) is 2. The van der Waals surface area contributed by atoms with Crippen LogP contribution in [0.25, 0.3) is 0 Å². The van der Waals surface area contributed by atoms with Gasteiger partial charge in [-0.15, -0.1) is 0 Å². The van der Waals surface area contributed by atoms with Gasteiger partial charge in [-0.3, -0.25) is 0 Å². The van der Waals surface area contributed by atoms with Crippen molar-refractivity contribution in [3.63, 3.8) is 0 Å². The Morgan fingerprint density at radius 3 is 2.90 bits per heavy atom. The second-order valence-electron chi connectivity index (χ2n) is 5.44. The molecule has 1 N–H and O–H groups in total. The number of rotatable bonds is 4. The van der Waals surface area contributed by atoms with Crippen LogP contribution in [0.3, 0.4) is 0 Å². The zero-order chi connectivity index (χ0) is 13.8. The first kappa shape index (κ1) is 13.1. The van der Waals surface area contributed by atoms with E-state index < -0.39 is 0 Å². The Labute approximate surface area is 120 Å². The van der Waals surface area contributed by atoms with Crippen LogP contribution in [-0.2, 0) is 12.8 Å². The minimum Gasteiger partial charge on any atom is -0.370 e. The maximum absolute atomic E-state index is 4.68. The average Bonchev–Trinajstić information content (AvgIpc) is 2.53. The predicted octanol–water partition coefficient (Wildman–Crippen LogP) is 3.57. The Hall–Kier alpha value is -1.90. The summed E-state index contributed by atoms with van der Waals surface area (Å²) in [4.78, 5) is 9.18. The molecular formula is C17H21N3. The molecule has 1 atom stereocenters. The van der Waals surface area contributed by atoms with E-state index in [0.717, 1.165) is 43.9 Å². The Morgan fingerprint density at radius 2 is 2.05 bits per heavy atom. The number of aromatic nitrogens is 2. The van der Waals surface area contributed by atoms with Crippen molar-refractivity contribution in [2.24, 2.45) is 0 Å². The lowest BCUT2D eigenvalue weighted by molar-refractivity contribution is 0.555. The molecule has 104 valence electrons. The Balaban J connectivity index is 1.77. The fourth-order valence-electron chi connectivity index (χ4n) is 2.84. The second-order valence-corrected chi connectivity index (χ2v) is 5.44. The van der Waals surface area contributed by atoms with Gasteiger partial charge in [0.2, 0.25) is 0 Å². The van der Waals surface area contributed by atoms with Crippen molar-refractivity contribution in [3.8, 4) is 0 Å². The van der Waals surface area contributed by atoms with Crippen LogP contribution in [0.1, 0.15) is 42.6 Å². The molecular weight excluding hydrogens is 246 g/mol. The van der Waals surface area contributed by atoms with Gasteiger partial charge >= 0.3 is 0 Å².